The average Bonchev–Trinajstić information content (AvgIpc) is 2.72. The molecule has 6 nitrogen and oxygen atoms in total. The molecule has 0 fully saturated rings. The van der Waals surface area contributed by atoms with Gasteiger partial charge in [0.1, 0.15) is 0 Å². The van der Waals surface area contributed by atoms with Gasteiger partial charge in [-0.2, -0.15) is 4.80 Å². The molecule has 2 rings (SSSR count). The molecule has 0 aliphatic carbocycles. The van der Waals surface area contributed by atoms with Crippen LogP contribution in [0.3, 0.4) is 0 Å². The molecule has 0 aliphatic heterocycles. The van der Waals surface area contributed by atoms with Crippen molar-refractivity contribution in [3.8, 4) is 0 Å². The molecule has 1 N–H and O–H groups in total. The van der Waals surface area contributed by atoms with E-state index in [1.165, 1.54) is 4.80 Å². The van der Waals surface area contributed by atoms with Gasteiger partial charge in [0.2, 0.25) is 0 Å². The van der Waals surface area contributed by atoms with Crippen LogP contribution in [0.15, 0.2) is 18.2 Å². The second kappa shape index (κ2) is 5.01. The highest BCUT2D eigenvalue weighted by atomic mass is 15.6. The van der Waals surface area contributed by atoms with Crippen molar-refractivity contribution >= 4 is 0 Å². The zero-order valence-electron chi connectivity index (χ0n) is 10.3. The van der Waals surface area contributed by atoms with Crippen LogP contribution in [0.1, 0.15) is 23.3 Å². The topological polar surface area (TPSA) is 68.5 Å². The van der Waals surface area contributed by atoms with Crippen molar-refractivity contribution in [2.75, 3.05) is 7.05 Å². The van der Waals surface area contributed by atoms with Crippen LogP contribution in [0, 0.1) is 6.92 Å². The normalized spacial score (nSPS) is 12.6. The van der Waals surface area contributed by atoms with E-state index < -0.39 is 0 Å². The number of aryl methyl sites for hydroxylation is 2. The first-order valence-corrected chi connectivity index (χ1v) is 5.52. The van der Waals surface area contributed by atoms with E-state index in [1.54, 1.807) is 7.05 Å². The quantitative estimate of drug-likeness (QED) is 0.827. The zero-order valence-corrected chi connectivity index (χ0v) is 10.3. The first kappa shape index (κ1) is 11.7. The van der Waals surface area contributed by atoms with E-state index in [0.717, 1.165) is 17.2 Å². The van der Waals surface area contributed by atoms with E-state index in [-0.39, 0.29) is 6.04 Å². The minimum absolute atomic E-state index is 0.110. The largest absolute Gasteiger partial charge is 0.311 e. The van der Waals surface area contributed by atoms with Crippen LogP contribution in [0.4, 0.5) is 0 Å². The Morgan fingerprint density at radius 2 is 2.24 bits per heavy atom. The Labute approximate surface area is 100 Å². The number of rotatable bonds is 4. The SMILES string of the molecule is CNC(Cc1nnn(C)n1)c1cccc(C)n1. The molecule has 0 aliphatic rings. The Bertz CT molecular complexity index is 492. The average molecular weight is 232 g/mol. The molecule has 0 bridgehead atoms. The summed E-state index contributed by atoms with van der Waals surface area (Å²) < 4.78 is 0. The third-order valence-electron chi connectivity index (χ3n) is 2.55. The molecular weight excluding hydrogens is 216 g/mol. The van der Waals surface area contributed by atoms with Crippen LogP contribution in [-0.2, 0) is 13.5 Å². The van der Waals surface area contributed by atoms with Gasteiger partial charge in [-0.15, -0.1) is 10.2 Å². The van der Waals surface area contributed by atoms with Crippen molar-refractivity contribution in [1.29, 1.82) is 0 Å². The molecule has 2 aromatic rings. The summed E-state index contributed by atoms with van der Waals surface area (Å²) in [5.41, 5.74) is 2.01. The summed E-state index contributed by atoms with van der Waals surface area (Å²) in [4.78, 5) is 5.97. The summed E-state index contributed by atoms with van der Waals surface area (Å²) in [6.07, 6.45) is 0.681. The van der Waals surface area contributed by atoms with Crippen molar-refractivity contribution < 1.29 is 0 Å². The predicted octanol–water partition coefficient (Wildman–Crippen LogP) is 0.417. The number of pyridine rings is 1. The van der Waals surface area contributed by atoms with Gasteiger partial charge in [-0.25, -0.2) is 0 Å². The lowest BCUT2D eigenvalue weighted by Gasteiger charge is -2.13. The highest BCUT2D eigenvalue weighted by Crippen LogP contribution is 2.14. The Morgan fingerprint density at radius 1 is 1.41 bits per heavy atom. The molecule has 2 aromatic heterocycles. The number of hydrogen-bond donors (Lipinski definition) is 1. The maximum absolute atomic E-state index is 4.50. The van der Waals surface area contributed by atoms with E-state index in [2.05, 4.69) is 25.7 Å². The number of aromatic nitrogens is 5. The lowest BCUT2D eigenvalue weighted by molar-refractivity contribution is 0.555. The van der Waals surface area contributed by atoms with Crippen LogP contribution >= 0.6 is 0 Å². The van der Waals surface area contributed by atoms with Crippen LogP contribution in [0.25, 0.3) is 0 Å². The zero-order chi connectivity index (χ0) is 12.3. The van der Waals surface area contributed by atoms with E-state index >= 15 is 0 Å². The third-order valence-corrected chi connectivity index (χ3v) is 2.55. The van der Waals surface area contributed by atoms with Crippen LogP contribution in [0.5, 0.6) is 0 Å². The second-order valence-electron chi connectivity index (χ2n) is 3.94. The van der Waals surface area contributed by atoms with Gasteiger partial charge in [-0.1, -0.05) is 6.07 Å². The third kappa shape index (κ3) is 2.85. The minimum Gasteiger partial charge on any atom is -0.311 e. The van der Waals surface area contributed by atoms with E-state index in [4.69, 9.17) is 0 Å². The number of nitrogens with one attached hydrogen (secondary N) is 1. The van der Waals surface area contributed by atoms with Crippen LogP contribution in [-0.4, -0.2) is 32.2 Å². The maximum atomic E-state index is 4.50. The van der Waals surface area contributed by atoms with Gasteiger partial charge in [0.25, 0.3) is 0 Å². The molecule has 0 amide bonds. The van der Waals surface area contributed by atoms with Gasteiger partial charge in [-0.05, 0) is 31.3 Å². The monoisotopic (exact) mass is 232 g/mol. The number of nitrogens with zero attached hydrogens (tertiary/aromatic N) is 5. The fourth-order valence-corrected chi connectivity index (χ4v) is 1.70. The Morgan fingerprint density at radius 3 is 2.82 bits per heavy atom. The predicted molar refractivity (Wildman–Crippen MR) is 63.3 cm³/mol. The van der Waals surface area contributed by atoms with Crippen LogP contribution < -0.4 is 5.32 Å². The first-order chi connectivity index (χ1) is 8.19. The smallest absolute Gasteiger partial charge is 0.176 e. The molecule has 1 unspecified atom stereocenters. The van der Waals surface area contributed by atoms with Crippen LogP contribution in [0.2, 0.25) is 0 Å². The van der Waals surface area contributed by atoms with Gasteiger partial charge in [0, 0.05) is 12.1 Å². The van der Waals surface area contributed by atoms with Crippen molar-refractivity contribution in [2.45, 2.75) is 19.4 Å². The van der Waals surface area contributed by atoms with Gasteiger partial charge in [0.15, 0.2) is 5.82 Å². The molecule has 17 heavy (non-hydrogen) atoms. The van der Waals surface area contributed by atoms with Crippen molar-refractivity contribution in [3.05, 3.63) is 35.4 Å². The molecule has 6 heteroatoms. The molecule has 0 radical (unpaired) electrons. The summed E-state index contributed by atoms with van der Waals surface area (Å²) in [6, 6.07) is 6.10. The molecule has 0 saturated heterocycles. The van der Waals surface area contributed by atoms with E-state index in [1.807, 2.05) is 32.2 Å². The highest BCUT2D eigenvalue weighted by molar-refractivity contribution is 5.14. The molecule has 0 aromatic carbocycles. The van der Waals surface area contributed by atoms with Gasteiger partial charge in [0.05, 0.1) is 18.8 Å². The summed E-state index contributed by atoms with van der Waals surface area (Å²) in [7, 11) is 3.67. The van der Waals surface area contributed by atoms with Crippen molar-refractivity contribution in [3.63, 3.8) is 0 Å². The minimum atomic E-state index is 0.110. The number of hydrogen-bond acceptors (Lipinski definition) is 5. The van der Waals surface area contributed by atoms with Gasteiger partial charge >= 0.3 is 0 Å². The molecule has 90 valence electrons. The Balaban J connectivity index is 2.16. The second-order valence-corrected chi connectivity index (χ2v) is 3.94. The fourth-order valence-electron chi connectivity index (χ4n) is 1.70. The Kier molecular flexibility index (Phi) is 3.43. The molecule has 0 spiro atoms. The van der Waals surface area contributed by atoms with E-state index in [0.29, 0.717) is 6.42 Å². The molecular formula is C11H16N6. The standard InChI is InChI=1S/C11H16N6/c1-8-5-4-6-9(13-8)10(12-2)7-11-14-16-17(3)15-11/h4-6,10,12H,7H2,1-3H3. The first-order valence-electron chi connectivity index (χ1n) is 5.52. The number of tetrazole rings is 1. The maximum Gasteiger partial charge on any atom is 0.176 e. The van der Waals surface area contributed by atoms with E-state index in [9.17, 15) is 0 Å². The highest BCUT2D eigenvalue weighted by Gasteiger charge is 2.14. The molecule has 1 atom stereocenters. The summed E-state index contributed by atoms with van der Waals surface area (Å²) in [6.45, 7) is 1.98. The summed E-state index contributed by atoms with van der Waals surface area (Å²) in [5.74, 6) is 0.718. The molecule has 2 heterocycles. The number of likely N-dealkylation sites (N-methyl/N-ethyl adjacent to an activating group) is 1. The molecule has 0 saturated carbocycles. The Hall–Kier alpha value is -1.82. The van der Waals surface area contributed by atoms with Crippen molar-refractivity contribution in [2.24, 2.45) is 7.05 Å². The lowest BCUT2D eigenvalue weighted by atomic mass is 10.1. The lowest BCUT2D eigenvalue weighted by Crippen LogP contribution is -2.21. The fraction of sp³-hybridized carbons (Fsp3) is 0.455. The summed E-state index contributed by atoms with van der Waals surface area (Å²) >= 11 is 0. The van der Waals surface area contributed by atoms with Gasteiger partial charge < -0.3 is 5.32 Å². The van der Waals surface area contributed by atoms with Crippen molar-refractivity contribution in [1.82, 2.24) is 30.5 Å². The summed E-state index contributed by atoms with van der Waals surface area (Å²) in [5, 5.41) is 15.2. The van der Waals surface area contributed by atoms with Gasteiger partial charge in [-0.3, -0.25) is 4.98 Å².